The van der Waals surface area contributed by atoms with E-state index in [9.17, 15) is 9.18 Å². The summed E-state index contributed by atoms with van der Waals surface area (Å²) < 4.78 is 20.4. The minimum atomic E-state index is -0.409. The number of halogens is 1. The molecule has 2 heterocycles. The number of nitrogens with zero attached hydrogens (tertiary/aromatic N) is 3. The fourth-order valence-electron chi connectivity index (χ4n) is 4.22. The van der Waals surface area contributed by atoms with E-state index in [1.807, 2.05) is 24.3 Å². The first kappa shape index (κ1) is 17.6. The van der Waals surface area contributed by atoms with Crippen LogP contribution in [0, 0.1) is 5.82 Å². The van der Waals surface area contributed by atoms with E-state index in [1.165, 1.54) is 18.5 Å². The molecule has 0 unspecified atom stereocenters. The number of anilines is 1. The Balaban J connectivity index is 1.55. The number of ether oxygens (including phenoxy) is 1. The molecule has 0 fully saturated rings. The molecule has 1 aromatic heterocycles. The molecule has 0 saturated carbocycles. The minimum absolute atomic E-state index is 0.0649. The van der Waals surface area contributed by atoms with Crippen molar-refractivity contribution in [2.24, 2.45) is 0 Å². The maximum atomic E-state index is 13.5. The number of rotatable bonds is 3. The molecule has 6 nitrogen and oxygen atoms in total. The molecule has 7 heteroatoms. The van der Waals surface area contributed by atoms with Crippen LogP contribution in [-0.4, -0.2) is 27.7 Å². The molecule has 1 aliphatic heterocycles. The lowest BCUT2D eigenvalue weighted by Crippen LogP contribution is -2.33. The number of benzene rings is 2. The Bertz CT molecular complexity index is 1100. The lowest BCUT2D eigenvalue weighted by Gasteiger charge is -2.35. The van der Waals surface area contributed by atoms with E-state index >= 15 is 0 Å². The fraction of sp³-hybridized carbons (Fsp3) is 0.227. The van der Waals surface area contributed by atoms with Gasteiger partial charge in [0, 0.05) is 17.7 Å². The van der Waals surface area contributed by atoms with Crippen molar-refractivity contribution in [3.63, 3.8) is 0 Å². The summed E-state index contributed by atoms with van der Waals surface area (Å²) in [4.78, 5) is 17.6. The number of hydrogen-bond donors (Lipinski definition) is 1. The quantitative estimate of drug-likeness (QED) is 0.736. The first-order valence-electron chi connectivity index (χ1n) is 9.46. The summed E-state index contributed by atoms with van der Waals surface area (Å²) in [7, 11) is 1.63. The average molecular weight is 390 g/mol. The van der Waals surface area contributed by atoms with Crippen molar-refractivity contribution in [1.82, 2.24) is 14.8 Å². The number of Topliss-reactive ketones (excluding diaryl/α,β-unsaturated/α-hetero) is 1. The summed E-state index contributed by atoms with van der Waals surface area (Å²) >= 11 is 0. The van der Waals surface area contributed by atoms with Crippen molar-refractivity contribution in [3.05, 3.63) is 83.1 Å². The number of fused-ring (bicyclic) bond motifs is 1. The van der Waals surface area contributed by atoms with Gasteiger partial charge in [0.15, 0.2) is 5.78 Å². The van der Waals surface area contributed by atoms with Gasteiger partial charge in [-0.25, -0.2) is 9.07 Å². The van der Waals surface area contributed by atoms with Crippen molar-refractivity contribution in [2.45, 2.75) is 24.8 Å². The zero-order valence-corrected chi connectivity index (χ0v) is 15.8. The van der Waals surface area contributed by atoms with E-state index in [0.717, 1.165) is 22.6 Å². The molecule has 0 saturated heterocycles. The van der Waals surface area contributed by atoms with E-state index in [2.05, 4.69) is 15.4 Å². The molecule has 2 aromatic carbocycles. The van der Waals surface area contributed by atoms with Crippen molar-refractivity contribution < 1.29 is 13.9 Å². The van der Waals surface area contributed by atoms with E-state index in [0.29, 0.717) is 24.4 Å². The van der Waals surface area contributed by atoms with E-state index in [1.54, 1.807) is 23.9 Å². The summed E-state index contributed by atoms with van der Waals surface area (Å²) in [6.07, 6.45) is 2.56. The molecule has 2 atom stereocenters. The highest BCUT2D eigenvalue weighted by atomic mass is 19.1. The van der Waals surface area contributed by atoms with Crippen LogP contribution >= 0.6 is 0 Å². The number of allylic oxidation sites excluding steroid dienone is 2. The number of carbonyl (C=O) groups is 1. The van der Waals surface area contributed by atoms with Crippen LogP contribution in [0.5, 0.6) is 5.75 Å². The van der Waals surface area contributed by atoms with Crippen molar-refractivity contribution in [3.8, 4) is 5.75 Å². The Morgan fingerprint density at radius 3 is 2.52 bits per heavy atom. The van der Waals surface area contributed by atoms with Gasteiger partial charge in [0.05, 0.1) is 7.11 Å². The van der Waals surface area contributed by atoms with Crippen LogP contribution < -0.4 is 10.1 Å². The van der Waals surface area contributed by atoms with E-state index in [-0.39, 0.29) is 17.5 Å². The first-order valence-corrected chi connectivity index (χ1v) is 9.46. The van der Waals surface area contributed by atoms with E-state index < -0.39 is 6.04 Å². The average Bonchev–Trinajstić information content (AvgIpc) is 3.21. The SMILES string of the molecule is COc1ccc([C@H]2CC(=O)C3=C(C2)Nc2ncnn2[C@H]3c2ccc(F)cc2)cc1. The topological polar surface area (TPSA) is 69.0 Å². The van der Waals surface area contributed by atoms with Gasteiger partial charge in [-0.05, 0) is 47.7 Å². The van der Waals surface area contributed by atoms with Crippen LogP contribution in [0.2, 0.25) is 0 Å². The molecule has 29 heavy (non-hydrogen) atoms. The number of hydrogen-bond acceptors (Lipinski definition) is 5. The predicted octanol–water partition coefficient (Wildman–Crippen LogP) is 3.84. The van der Waals surface area contributed by atoms with Gasteiger partial charge in [0.25, 0.3) is 0 Å². The predicted molar refractivity (Wildman–Crippen MR) is 105 cm³/mol. The van der Waals surface area contributed by atoms with Gasteiger partial charge in [0.2, 0.25) is 5.95 Å². The van der Waals surface area contributed by atoms with Crippen LogP contribution in [0.25, 0.3) is 0 Å². The van der Waals surface area contributed by atoms with Crippen LogP contribution in [0.3, 0.4) is 0 Å². The van der Waals surface area contributed by atoms with Gasteiger partial charge < -0.3 is 10.1 Å². The molecule has 0 bridgehead atoms. The van der Waals surface area contributed by atoms with Gasteiger partial charge in [0.1, 0.15) is 23.9 Å². The van der Waals surface area contributed by atoms with Crippen LogP contribution in [0.1, 0.15) is 35.9 Å². The maximum absolute atomic E-state index is 13.5. The van der Waals surface area contributed by atoms with Gasteiger partial charge in [-0.15, -0.1) is 0 Å². The summed E-state index contributed by atoms with van der Waals surface area (Å²) in [5, 5.41) is 7.60. The second kappa shape index (κ2) is 6.84. The summed E-state index contributed by atoms with van der Waals surface area (Å²) in [5.74, 6) is 1.19. The lowest BCUT2D eigenvalue weighted by molar-refractivity contribution is -0.116. The minimum Gasteiger partial charge on any atom is -0.497 e. The summed E-state index contributed by atoms with van der Waals surface area (Å²) in [5.41, 5.74) is 3.44. The van der Waals surface area contributed by atoms with Gasteiger partial charge in [-0.3, -0.25) is 4.79 Å². The third-order valence-electron chi connectivity index (χ3n) is 5.63. The second-order valence-electron chi connectivity index (χ2n) is 7.30. The lowest BCUT2D eigenvalue weighted by atomic mass is 9.78. The Kier molecular flexibility index (Phi) is 4.16. The van der Waals surface area contributed by atoms with Crippen LogP contribution in [0.4, 0.5) is 10.3 Å². The number of methoxy groups -OCH3 is 1. The monoisotopic (exact) mass is 390 g/mol. The number of carbonyl (C=O) groups excluding carboxylic acids is 1. The summed E-state index contributed by atoms with van der Waals surface area (Å²) in [6, 6.07) is 13.6. The Morgan fingerprint density at radius 2 is 1.79 bits per heavy atom. The van der Waals surface area contributed by atoms with Gasteiger partial charge in [-0.2, -0.15) is 10.1 Å². The van der Waals surface area contributed by atoms with Gasteiger partial charge >= 0.3 is 0 Å². The highest BCUT2D eigenvalue weighted by Crippen LogP contribution is 2.43. The highest BCUT2D eigenvalue weighted by Gasteiger charge is 2.39. The molecule has 5 rings (SSSR count). The molecule has 1 aliphatic carbocycles. The third kappa shape index (κ3) is 2.99. The molecule has 0 spiro atoms. The normalized spacial score (nSPS) is 20.7. The summed E-state index contributed by atoms with van der Waals surface area (Å²) in [6.45, 7) is 0. The molecule has 0 amide bonds. The smallest absolute Gasteiger partial charge is 0.226 e. The van der Waals surface area contributed by atoms with Crippen molar-refractivity contribution in [1.29, 1.82) is 0 Å². The molecular weight excluding hydrogens is 371 g/mol. The zero-order valence-electron chi connectivity index (χ0n) is 15.8. The van der Waals surface area contributed by atoms with Gasteiger partial charge in [-0.1, -0.05) is 24.3 Å². The second-order valence-corrected chi connectivity index (χ2v) is 7.30. The van der Waals surface area contributed by atoms with E-state index in [4.69, 9.17) is 4.74 Å². The standard InChI is InChI=1S/C22H19FN4O2/c1-29-17-8-4-13(5-9-17)15-10-18-20(19(28)11-15)21(14-2-6-16(23)7-3-14)27-22(26-18)24-12-25-27/h2-9,12,15,21H,10-11H2,1H3,(H,24,25,26)/t15-,21+/m1/s1. The Hall–Kier alpha value is -3.48. The molecule has 3 aromatic rings. The Morgan fingerprint density at radius 1 is 1.07 bits per heavy atom. The molecule has 0 radical (unpaired) electrons. The van der Waals surface area contributed by atoms with Crippen LogP contribution in [-0.2, 0) is 4.79 Å². The molecule has 1 N–H and O–H groups in total. The number of nitrogens with one attached hydrogen (secondary N) is 1. The molecule has 2 aliphatic rings. The largest absolute Gasteiger partial charge is 0.497 e. The van der Waals surface area contributed by atoms with Crippen molar-refractivity contribution in [2.75, 3.05) is 12.4 Å². The fourth-order valence-corrected chi connectivity index (χ4v) is 4.22. The third-order valence-corrected chi connectivity index (χ3v) is 5.63. The first-order chi connectivity index (χ1) is 14.1. The zero-order chi connectivity index (χ0) is 20.0. The van der Waals surface area contributed by atoms with Crippen molar-refractivity contribution >= 4 is 11.7 Å². The highest BCUT2D eigenvalue weighted by molar-refractivity contribution is 6.00. The Labute approximate surface area is 167 Å². The molecule has 146 valence electrons. The maximum Gasteiger partial charge on any atom is 0.226 e. The number of ketones is 1. The van der Waals surface area contributed by atoms with Crippen LogP contribution in [0.15, 0.2) is 66.1 Å². The number of aromatic nitrogens is 3. The molecular formula is C22H19FN4O2.